The SMILES string of the molecule is O=C(O)CCCCC(=O)O.O=C=NC1CC=CCC1. The van der Waals surface area contributed by atoms with E-state index in [9.17, 15) is 14.4 Å². The molecule has 0 amide bonds. The highest BCUT2D eigenvalue weighted by molar-refractivity contribution is 5.67. The van der Waals surface area contributed by atoms with Gasteiger partial charge in [0.15, 0.2) is 0 Å². The number of hydrogen-bond acceptors (Lipinski definition) is 4. The highest BCUT2D eigenvalue weighted by atomic mass is 16.4. The quantitative estimate of drug-likeness (QED) is 0.333. The van der Waals surface area contributed by atoms with Gasteiger partial charge in [0, 0.05) is 12.8 Å². The van der Waals surface area contributed by atoms with Crippen molar-refractivity contribution in [2.45, 2.75) is 51.0 Å². The van der Waals surface area contributed by atoms with Crippen LogP contribution in [0.3, 0.4) is 0 Å². The first kappa shape index (κ1) is 17.1. The normalized spacial score (nSPS) is 16.7. The van der Waals surface area contributed by atoms with Gasteiger partial charge in [0.1, 0.15) is 0 Å². The molecular formula is C13H19NO5. The summed E-state index contributed by atoms with van der Waals surface area (Å²) >= 11 is 0. The van der Waals surface area contributed by atoms with Crippen LogP contribution in [0.5, 0.6) is 0 Å². The van der Waals surface area contributed by atoms with Crippen LogP contribution in [-0.2, 0) is 14.4 Å². The number of carboxylic acids is 2. The maximum Gasteiger partial charge on any atom is 0.303 e. The molecule has 0 spiro atoms. The molecule has 0 aromatic rings. The van der Waals surface area contributed by atoms with Crippen molar-refractivity contribution in [2.75, 3.05) is 0 Å². The first-order valence-corrected chi connectivity index (χ1v) is 6.21. The van der Waals surface area contributed by atoms with Crippen molar-refractivity contribution in [1.82, 2.24) is 0 Å². The molecule has 19 heavy (non-hydrogen) atoms. The lowest BCUT2D eigenvalue weighted by Gasteiger charge is -2.09. The minimum Gasteiger partial charge on any atom is -0.481 e. The molecule has 1 aliphatic rings. The molecule has 0 heterocycles. The second kappa shape index (κ2) is 11.2. The summed E-state index contributed by atoms with van der Waals surface area (Å²) in [4.78, 5) is 33.2. The van der Waals surface area contributed by atoms with Gasteiger partial charge in [-0.25, -0.2) is 9.79 Å². The van der Waals surface area contributed by atoms with Crippen molar-refractivity contribution in [3.8, 4) is 0 Å². The number of rotatable bonds is 6. The lowest BCUT2D eigenvalue weighted by molar-refractivity contribution is -0.139. The predicted octanol–water partition coefficient (Wildman–Crippen LogP) is 2.15. The number of isocyanates is 1. The Morgan fingerprint density at radius 3 is 2.11 bits per heavy atom. The van der Waals surface area contributed by atoms with Crippen LogP contribution in [0.15, 0.2) is 17.1 Å². The summed E-state index contributed by atoms with van der Waals surface area (Å²) in [6, 6.07) is 0.215. The molecule has 1 unspecified atom stereocenters. The van der Waals surface area contributed by atoms with Crippen LogP contribution in [0.1, 0.15) is 44.9 Å². The Morgan fingerprint density at radius 1 is 1.16 bits per heavy atom. The van der Waals surface area contributed by atoms with Crippen LogP contribution >= 0.6 is 0 Å². The zero-order valence-electron chi connectivity index (χ0n) is 10.7. The minimum absolute atomic E-state index is 0.0628. The second-order valence-corrected chi connectivity index (χ2v) is 4.15. The van der Waals surface area contributed by atoms with Gasteiger partial charge in [0.2, 0.25) is 6.08 Å². The van der Waals surface area contributed by atoms with E-state index in [0.717, 1.165) is 19.3 Å². The van der Waals surface area contributed by atoms with E-state index in [-0.39, 0.29) is 18.9 Å². The lowest BCUT2D eigenvalue weighted by Crippen LogP contribution is -2.04. The third kappa shape index (κ3) is 12.3. The fourth-order valence-corrected chi connectivity index (χ4v) is 1.52. The van der Waals surface area contributed by atoms with Gasteiger partial charge in [0.25, 0.3) is 0 Å². The number of carboxylic acid groups (broad SMARTS) is 2. The topological polar surface area (TPSA) is 104 Å². The Bertz CT molecular complexity index is 342. The number of aliphatic carboxylic acids is 2. The van der Waals surface area contributed by atoms with Crippen LogP contribution < -0.4 is 0 Å². The van der Waals surface area contributed by atoms with Crippen LogP contribution in [0.4, 0.5) is 0 Å². The maximum absolute atomic E-state index is 9.90. The van der Waals surface area contributed by atoms with Crippen LogP contribution in [0.25, 0.3) is 0 Å². The largest absolute Gasteiger partial charge is 0.481 e. The van der Waals surface area contributed by atoms with E-state index >= 15 is 0 Å². The van der Waals surface area contributed by atoms with Crippen molar-refractivity contribution in [3.05, 3.63) is 12.2 Å². The van der Waals surface area contributed by atoms with Crippen molar-refractivity contribution in [2.24, 2.45) is 4.99 Å². The second-order valence-electron chi connectivity index (χ2n) is 4.15. The highest BCUT2D eigenvalue weighted by Gasteiger charge is 2.05. The van der Waals surface area contributed by atoms with E-state index in [2.05, 4.69) is 17.1 Å². The number of nitrogens with zero attached hydrogens (tertiary/aromatic N) is 1. The number of hydrogen-bond donors (Lipinski definition) is 2. The van der Waals surface area contributed by atoms with Gasteiger partial charge in [0.05, 0.1) is 6.04 Å². The minimum atomic E-state index is -0.870. The van der Waals surface area contributed by atoms with E-state index in [0.29, 0.717) is 12.8 Å². The molecule has 106 valence electrons. The highest BCUT2D eigenvalue weighted by Crippen LogP contribution is 2.12. The van der Waals surface area contributed by atoms with E-state index in [1.54, 1.807) is 6.08 Å². The molecule has 2 N–H and O–H groups in total. The van der Waals surface area contributed by atoms with Crippen molar-refractivity contribution in [3.63, 3.8) is 0 Å². The zero-order chi connectivity index (χ0) is 14.5. The van der Waals surface area contributed by atoms with E-state index < -0.39 is 11.9 Å². The van der Waals surface area contributed by atoms with Gasteiger partial charge in [-0.05, 0) is 32.1 Å². The standard InChI is InChI=1S/C7H9NO.C6H10O4/c9-6-8-7-4-2-1-3-5-7;7-5(8)3-1-2-4-6(9)10/h1-2,7H,3-5H2;1-4H2,(H,7,8)(H,9,10). The molecule has 0 fully saturated rings. The molecule has 0 radical (unpaired) electrons. The Labute approximate surface area is 111 Å². The third-order valence-electron chi connectivity index (χ3n) is 2.51. The Kier molecular flexibility index (Phi) is 10.0. The average molecular weight is 269 g/mol. The van der Waals surface area contributed by atoms with E-state index in [1.807, 2.05) is 0 Å². The van der Waals surface area contributed by atoms with Gasteiger partial charge in [-0.2, -0.15) is 0 Å². The molecule has 0 bridgehead atoms. The summed E-state index contributed by atoms with van der Waals surface area (Å²) in [5, 5.41) is 16.3. The fraction of sp³-hybridized carbons (Fsp3) is 0.615. The molecule has 6 nitrogen and oxygen atoms in total. The van der Waals surface area contributed by atoms with Gasteiger partial charge in [-0.15, -0.1) is 0 Å². The number of aliphatic imine (C=N–C) groups is 1. The van der Waals surface area contributed by atoms with E-state index in [4.69, 9.17) is 10.2 Å². The van der Waals surface area contributed by atoms with Crippen molar-refractivity contribution >= 4 is 18.0 Å². The molecule has 6 heteroatoms. The summed E-state index contributed by atoms with van der Waals surface area (Å²) in [6.45, 7) is 0. The van der Waals surface area contributed by atoms with Crippen LogP contribution in [-0.4, -0.2) is 34.3 Å². The summed E-state index contributed by atoms with van der Waals surface area (Å²) in [5.74, 6) is -1.74. The van der Waals surface area contributed by atoms with Gasteiger partial charge in [-0.1, -0.05) is 12.2 Å². The number of allylic oxidation sites excluding steroid dienone is 1. The molecule has 0 aliphatic heterocycles. The molecule has 0 saturated carbocycles. The Morgan fingerprint density at radius 2 is 1.74 bits per heavy atom. The monoisotopic (exact) mass is 269 g/mol. The number of carbonyl (C=O) groups is 2. The van der Waals surface area contributed by atoms with E-state index in [1.165, 1.54) is 0 Å². The Hall–Kier alpha value is -1.94. The molecule has 0 aromatic heterocycles. The smallest absolute Gasteiger partial charge is 0.303 e. The van der Waals surface area contributed by atoms with Crippen LogP contribution in [0, 0.1) is 0 Å². The summed E-state index contributed by atoms with van der Waals surface area (Å²) in [5.41, 5.74) is 0. The summed E-state index contributed by atoms with van der Waals surface area (Å²) < 4.78 is 0. The molecule has 0 aromatic carbocycles. The predicted molar refractivity (Wildman–Crippen MR) is 68.6 cm³/mol. The number of unbranched alkanes of at least 4 members (excludes halogenated alkanes) is 1. The molecule has 1 rings (SSSR count). The summed E-state index contributed by atoms with van der Waals surface area (Å²) in [7, 11) is 0. The summed E-state index contributed by atoms with van der Waals surface area (Å²) in [6.07, 6.45) is 9.75. The fourth-order valence-electron chi connectivity index (χ4n) is 1.52. The lowest BCUT2D eigenvalue weighted by atomic mass is 10.0. The Balaban J connectivity index is 0.000000342. The van der Waals surface area contributed by atoms with Gasteiger partial charge < -0.3 is 10.2 Å². The third-order valence-corrected chi connectivity index (χ3v) is 2.51. The first-order valence-electron chi connectivity index (χ1n) is 6.21. The number of carbonyl (C=O) groups excluding carboxylic acids is 1. The van der Waals surface area contributed by atoms with Crippen molar-refractivity contribution < 1.29 is 24.6 Å². The molecule has 0 saturated heterocycles. The molecule has 1 atom stereocenters. The van der Waals surface area contributed by atoms with Gasteiger partial charge >= 0.3 is 11.9 Å². The first-order chi connectivity index (χ1) is 9.06. The zero-order valence-corrected chi connectivity index (χ0v) is 10.7. The molecular weight excluding hydrogens is 250 g/mol. The molecule has 1 aliphatic carbocycles. The van der Waals surface area contributed by atoms with Gasteiger partial charge in [-0.3, -0.25) is 9.59 Å². The van der Waals surface area contributed by atoms with Crippen LogP contribution in [0.2, 0.25) is 0 Å². The maximum atomic E-state index is 9.90. The van der Waals surface area contributed by atoms with Crippen molar-refractivity contribution in [1.29, 1.82) is 0 Å². The average Bonchev–Trinajstić information content (AvgIpc) is 2.37.